The summed E-state index contributed by atoms with van der Waals surface area (Å²) in [5.41, 5.74) is 2.17. The Bertz CT molecular complexity index is 1140. The highest BCUT2D eigenvalue weighted by atomic mass is 35.5. The number of carbonyl (C=O) groups excluding carboxylic acids is 1. The lowest BCUT2D eigenvalue weighted by Crippen LogP contribution is -2.57. The number of benzene rings is 3. The number of halogens is 3. The van der Waals surface area contributed by atoms with Crippen LogP contribution in [-0.2, 0) is 33.1 Å². The van der Waals surface area contributed by atoms with Gasteiger partial charge in [0, 0.05) is 24.4 Å². The standard InChI is InChI=1S/C28H28Cl3NO3/c1-2-27(33)32-15-14-28(22-9-11-23(29)12-10-22,35-19-20-6-4-3-5-7-20)26(17-32)34-18-21-8-13-24(30)25(31)16-21/h3-13,16,26H,2,14-15,17-19H2,1H3/t26-,28-/m0/s1. The minimum absolute atomic E-state index is 0.0981. The lowest BCUT2D eigenvalue weighted by atomic mass is 9.81. The van der Waals surface area contributed by atoms with E-state index in [9.17, 15) is 4.79 Å². The van der Waals surface area contributed by atoms with Crippen LogP contribution in [0.15, 0.2) is 72.8 Å². The van der Waals surface area contributed by atoms with Gasteiger partial charge in [-0.2, -0.15) is 0 Å². The van der Waals surface area contributed by atoms with Gasteiger partial charge in [0.2, 0.25) is 5.91 Å². The van der Waals surface area contributed by atoms with Gasteiger partial charge in [-0.1, -0.05) is 90.3 Å². The SMILES string of the molecule is CCC(=O)N1CC[C@](OCc2ccccc2)(c2ccc(Cl)cc2)[C@@H](OCc2ccc(Cl)c(Cl)c2)C1. The number of carbonyl (C=O) groups is 1. The number of hydrogen-bond acceptors (Lipinski definition) is 3. The molecule has 4 nitrogen and oxygen atoms in total. The maximum Gasteiger partial charge on any atom is 0.222 e. The molecule has 1 saturated heterocycles. The molecule has 4 rings (SSSR count). The average Bonchev–Trinajstić information content (AvgIpc) is 2.89. The van der Waals surface area contributed by atoms with E-state index in [0.29, 0.717) is 54.2 Å². The number of nitrogens with zero attached hydrogens (tertiary/aromatic N) is 1. The molecule has 0 radical (unpaired) electrons. The largest absolute Gasteiger partial charge is 0.368 e. The number of rotatable bonds is 8. The maximum absolute atomic E-state index is 12.6. The van der Waals surface area contributed by atoms with E-state index in [1.165, 1.54) is 0 Å². The molecule has 0 bridgehead atoms. The van der Waals surface area contributed by atoms with Crippen molar-refractivity contribution in [1.29, 1.82) is 0 Å². The Balaban J connectivity index is 1.68. The quantitative estimate of drug-likeness (QED) is 0.306. The molecule has 3 aromatic carbocycles. The molecule has 2 atom stereocenters. The van der Waals surface area contributed by atoms with Gasteiger partial charge in [-0.3, -0.25) is 4.79 Å². The van der Waals surface area contributed by atoms with Gasteiger partial charge < -0.3 is 14.4 Å². The summed E-state index contributed by atoms with van der Waals surface area (Å²) in [5, 5.41) is 1.62. The lowest BCUT2D eigenvalue weighted by molar-refractivity contribution is -0.195. The van der Waals surface area contributed by atoms with Crippen molar-refractivity contribution in [3.8, 4) is 0 Å². The van der Waals surface area contributed by atoms with Gasteiger partial charge >= 0.3 is 0 Å². The van der Waals surface area contributed by atoms with Crippen LogP contribution >= 0.6 is 34.8 Å². The molecular weight excluding hydrogens is 505 g/mol. The highest BCUT2D eigenvalue weighted by molar-refractivity contribution is 6.42. The second-order valence-electron chi connectivity index (χ2n) is 8.66. The Kier molecular flexibility index (Phi) is 8.74. The molecule has 1 amide bonds. The third kappa shape index (κ3) is 6.19. The summed E-state index contributed by atoms with van der Waals surface area (Å²) in [4.78, 5) is 14.5. The van der Waals surface area contributed by atoms with Crippen LogP contribution in [0.2, 0.25) is 15.1 Å². The minimum atomic E-state index is -0.763. The molecule has 0 unspecified atom stereocenters. The van der Waals surface area contributed by atoms with Crippen LogP contribution < -0.4 is 0 Å². The van der Waals surface area contributed by atoms with Crippen molar-refractivity contribution in [3.05, 3.63) is 105 Å². The van der Waals surface area contributed by atoms with Crippen LogP contribution in [-0.4, -0.2) is 30.0 Å². The monoisotopic (exact) mass is 531 g/mol. The fourth-order valence-corrected chi connectivity index (χ4v) is 4.91. The maximum atomic E-state index is 12.6. The Labute approximate surface area is 221 Å². The summed E-state index contributed by atoms with van der Waals surface area (Å²) in [5.74, 6) is 0.0981. The molecule has 1 fully saturated rings. The summed E-state index contributed by atoms with van der Waals surface area (Å²) < 4.78 is 13.3. The highest BCUT2D eigenvalue weighted by Gasteiger charge is 2.47. The normalized spacial score (nSPS) is 20.1. The predicted octanol–water partition coefficient (Wildman–Crippen LogP) is 7.29. The van der Waals surface area contributed by atoms with E-state index >= 15 is 0 Å². The van der Waals surface area contributed by atoms with E-state index in [4.69, 9.17) is 44.3 Å². The zero-order chi connectivity index (χ0) is 24.8. The first-order valence-electron chi connectivity index (χ1n) is 11.7. The van der Waals surface area contributed by atoms with Crippen molar-refractivity contribution in [2.75, 3.05) is 13.1 Å². The van der Waals surface area contributed by atoms with E-state index in [0.717, 1.165) is 16.7 Å². The first-order chi connectivity index (χ1) is 16.9. The van der Waals surface area contributed by atoms with Gasteiger partial charge in [-0.25, -0.2) is 0 Å². The summed E-state index contributed by atoms with van der Waals surface area (Å²) in [6, 6.07) is 23.2. The third-order valence-electron chi connectivity index (χ3n) is 6.42. The molecule has 1 aliphatic heterocycles. The van der Waals surface area contributed by atoms with Crippen LogP contribution in [0.1, 0.15) is 36.5 Å². The summed E-state index contributed by atoms with van der Waals surface area (Å²) in [6.07, 6.45) is 0.628. The lowest BCUT2D eigenvalue weighted by Gasteiger charge is -2.47. The van der Waals surface area contributed by atoms with Crippen molar-refractivity contribution in [1.82, 2.24) is 4.90 Å². The molecule has 7 heteroatoms. The number of amides is 1. The highest BCUT2D eigenvalue weighted by Crippen LogP contribution is 2.41. The van der Waals surface area contributed by atoms with Gasteiger partial charge in [-0.15, -0.1) is 0 Å². The van der Waals surface area contributed by atoms with Gasteiger partial charge in [-0.05, 0) is 41.0 Å². The molecule has 0 saturated carbocycles. The molecule has 1 heterocycles. The summed E-state index contributed by atoms with van der Waals surface area (Å²) >= 11 is 18.5. The molecule has 0 N–H and O–H groups in total. The Morgan fingerprint density at radius 2 is 1.69 bits per heavy atom. The van der Waals surface area contributed by atoms with Crippen molar-refractivity contribution in [2.24, 2.45) is 0 Å². The van der Waals surface area contributed by atoms with E-state index < -0.39 is 11.7 Å². The first-order valence-corrected chi connectivity index (χ1v) is 12.8. The van der Waals surface area contributed by atoms with Crippen LogP contribution in [0.25, 0.3) is 0 Å². The molecule has 184 valence electrons. The number of ether oxygens (including phenoxy) is 2. The second kappa shape index (κ2) is 11.8. The molecular formula is C28H28Cl3NO3. The van der Waals surface area contributed by atoms with Crippen molar-refractivity contribution >= 4 is 40.7 Å². The summed E-state index contributed by atoms with van der Waals surface area (Å²) in [7, 11) is 0. The fourth-order valence-electron chi connectivity index (χ4n) is 4.46. The van der Waals surface area contributed by atoms with Crippen molar-refractivity contribution < 1.29 is 14.3 Å². The molecule has 35 heavy (non-hydrogen) atoms. The van der Waals surface area contributed by atoms with Crippen LogP contribution in [0.4, 0.5) is 0 Å². The first kappa shape index (κ1) is 26.0. The zero-order valence-corrected chi connectivity index (χ0v) is 21.8. The van der Waals surface area contributed by atoms with Crippen LogP contribution in [0.3, 0.4) is 0 Å². The second-order valence-corrected chi connectivity index (χ2v) is 9.91. The summed E-state index contributed by atoms with van der Waals surface area (Å²) in [6.45, 7) is 3.60. The van der Waals surface area contributed by atoms with Gasteiger partial charge in [0.15, 0.2) is 0 Å². The van der Waals surface area contributed by atoms with Gasteiger partial charge in [0.05, 0.1) is 29.8 Å². The Hall–Kier alpha value is -2.08. The smallest absolute Gasteiger partial charge is 0.222 e. The molecule has 0 aromatic heterocycles. The van der Waals surface area contributed by atoms with Crippen LogP contribution in [0.5, 0.6) is 0 Å². The zero-order valence-electron chi connectivity index (χ0n) is 19.6. The minimum Gasteiger partial charge on any atom is -0.368 e. The Morgan fingerprint density at radius 1 is 0.943 bits per heavy atom. The van der Waals surface area contributed by atoms with E-state index in [2.05, 4.69) is 0 Å². The van der Waals surface area contributed by atoms with Gasteiger partial charge in [0.25, 0.3) is 0 Å². The molecule has 3 aromatic rings. The number of piperidine rings is 1. The molecule has 1 aliphatic rings. The van der Waals surface area contributed by atoms with E-state index in [-0.39, 0.29) is 5.91 Å². The van der Waals surface area contributed by atoms with Crippen LogP contribution in [0, 0.1) is 0 Å². The number of likely N-dealkylation sites (tertiary alicyclic amines) is 1. The van der Waals surface area contributed by atoms with E-state index in [1.54, 1.807) is 12.1 Å². The Morgan fingerprint density at radius 3 is 2.37 bits per heavy atom. The molecule has 0 aliphatic carbocycles. The average molecular weight is 533 g/mol. The molecule has 0 spiro atoms. The third-order valence-corrected chi connectivity index (χ3v) is 7.41. The number of hydrogen-bond donors (Lipinski definition) is 0. The van der Waals surface area contributed by atoms with Crippen molar-refractivity contribution in [2.45, 2.75) is 44.7 Å². The van der Waals surface area contributed by atoms with E-state index in [1.807, 2.05) is 72.5 Å². The fraction of sp³-hybridized carbons (Fsp3) is 0.321. The predicted molar refractivity (Wildman–Crippen MR) is 141 cm³/mol. The van der Waals surface area contributed by atoms with Gasteiger partial charge in [0.1, 0.15) is 11.7 Å². The topological polar surface area (TPSA) is 38.8 Å². The van der Waals surface area contributed by atoms with Crippen molar-refractivity contribution in [3.63, 3.8) is 0 Å².